The normalized spacial score (nSPS) is 20.4. The molecule has 0 bridgehead atoms. The van der Waals surface area contributed by atoms with Crippen LogP contribution in [0.15, 0.2) is 83.4 Å². The molecule has 0 N–H and O–H groups in total. The van der Waals surface area contributed by atoms with Gasteiger partial charge in [0.05, 0.1) is 22.1 Å². The van der Waals surface area contributed by atoms with Crippen molar-refractivity contribution < 1.29 is 4.74 Å². The molecule has 0 amide bonds. The number of pyridine rings is 1. The highest BCUT2D eigenvalue weighted by Crippen LogP contribution is 2.47. The van der Waals surface area contributed by atoms with Crippen molar-refractivity contribution in [3.8, 4) is 5.75 Å². The molecule has 28 heavy (non-hydrogen) atoms. The Hall–Kier alpha value is -3.18. The van der Waals surface area contributed by atoms with Gasteiger partial charge in [0, 0.05) is 29.1 Å². The summed E-state index contributed by atoms with van der Waals surface area (Å²) in [7, 11) is 0. The van der Waals surface area contributed by atoms with E-state index in [1.165, 1.54) is 10.4 Å². The van der Waals surface area contributed by atoms with Gasteiger partial charge in [0.1, 0.15) is 5.75 Å². The molecule has 6 rings (SSSR count). The van der Waals surface area contributed by atoms with Crippen LogP contribution in [0.5, 0.6) is 5.75 Å². The van der Waals surface area contributed by atoms with E-state index in [2.05, 4.69) is 70.0 Å². The second kappa shape index (κ2) is 6.17. The van der Waals surface area contributed by atoms with E-state index < -0.39 is 0 Å². The lowest BCUT2D eigenvalue weighted by Crippen LogP contribution is -2.33. The summed E-state index contributed by atoms with van der Waals surface area (Å²) < 4.78 is 6.45. The number of ether oxygens (including phenoxy) is 1. The molecule has 0 fully saturated rings. The molecule has 2 atom stereocenters. The first kappa shape index (κ1) is 15.8. The third kappa shape index (κ3) is 2.43. The molecule has 2 aromatic carbocycles. The third-order valence-electron chi connectivity index (χ3n) is 5.42. The third-order valence-corrected chi connectivity index (χ3v) is 6.34. The molecule has 4 aromatic rings. The topological polar surface area (TPSA) is 37.7 Å². The maximum atomic E-state index is 6.45. The SMILES string of the molecule is c1csc(C2=NN3[C@@H](C2)c2ccccc2O[C@H]3c2ccc3ncccc3c2)c1. The molecule has 0 saturated carbocycles. The fraction of sp³-hybridized carbons (Fsp3) is 0.130. The second-order valence-electron chi connectivity index (χ2n) is 7.09. The van der Waals surface area contributed by atoms with Crippen molar-refractivity contribution >= 4 is 28.0 Å². The Balaban J connectivity index is 1.48. The Labute approximate surface area is 166 Å². The zero-order valence-corrected chi connectivity index (χ0v) is 15.8. The molecule has 2 aliphatic rings. The van der Waals surface area contributed by atoms with Gasteiger partial charge in [-0.1, -0.05) is 36.4 Å². The Bertz CT molecular complexity index is 1200. The average molecular weight is 383 g/mol. The lowest BCUT2D eigenvalue weighted by atomic mass is 9.97. The number of nitrogens with zero attached hydrogens (tertiary/aromatic N) is 3. The monoisotopic (exact) mass is 383 g/mol. The molecular weight excluding hydrogens is 366 g/mol. The first-order valence-electron chi connectivity index (χ1n) is 9.37. The van der Waals surface area contributed by atoms with Crippen LogP contribution >= 0.6 is 11.3 Å². The lowest BCUT2D eigenvalue weighted by molar-refractivity contribution is -0.0189. The predicted molar refractivity (Wildman–Crippen MR) is 112 cm³/mol. The van der Waals surface area contributed by atoms with E-state index >= 15 is 0 Å². The van der Waals surface area contributed by atoms with Gasteiger partial charge in [-0.15, -0.1) is 11.3 Å². The van der Waals surface area contributed by atoms with Crippen LogP contribution in [0.25, 0.3) is 10.9 Å². The summed E-state index contributed by atoms with van der Waals surface area (Å²) in [6.07, 6.45) is 2.47. The van der Waals surface area contributed by atoms with Gasteiger partial charge in [-0.3, -0.25) is 4.98 Å². The second-order valence-corrected chi connectivity index (χ2v) is 8.04. The number of hydrazone groups is 1. The number of aromatic nitrogens is 1. The van der Waals surface area contributed by atoms with Crippen molar-refractivity contribution in [1.29, 1.82) is 0 Å². The molecule has 0 saturated heterocycles. The van der Waals surface area contributed by atoms with Gasteiger partial charge in [-0.05, 0) is 35.7 Å². The Morgan fingerprint density at radius 2 is 1.96 bits per heavy atom. The molecule has 4 heterocycles. The maximum Gasteiger partial charge on any atom is 0.213 e. The minimum Gasteiger partial charge on any atom is -0.464 e. The molecule has 136 valence electrons. The Morgan fingerprint density at radius 1 is 1.00 bits per heavy atom. The zero-order valence-electron chi connectivity index (χ0n) is 15.0. The van der Waals surface area contributed by atoms with Crippen molar-refractivity contribution in [2.75, 3.05) is 0 Å². The van der Waals surface area contributed by atoms with Gasteiger partial charge >= 0.3 is 0 Å². The van der Waals surface area contributed by atoms with Crippen LogP contribution in [0.1, 0.15) is 34.7 Å². The molecule has 0 unspecified atom stereocenters. The summed E-state index contributed by atoms with van der Waals surface area (Å²) in [5.41, 5.74) is 4.42. The highest BCUT2D eigenvalue weighted by atomic mass is 32.1. The zero-order chi connectivity index (χ0) is 18.5. The Morgan fingerprint density at radius 3 is 2.89 bits per heavy atom. The first-order chi connectivity index (χ1) is 13.9. The van der Waals surface area contributed by atoms with E-state index in [1.807, 2.05) is 18.3 Å². The van der Waals surface area contributed by atoms with E-state index in [9.17, 15) is 0 Å². The molecule has 0 radical (unpaired) electrons. The molecular formula is C23H17N3OS. The number of rotatable bonds is 2. The van der Waals surface area contributed by atoms with Gasteiger partial charge in [0.2, 0.25) is 6.23 Å². The molecule has 2 aliphatic heterocycles. The maximum absolute atomic E-state index is 6.45. The first-order valence-corrected chi connectivity index (χ1v) is 10.2. The molecule has 4 nitrogen and oxygen atoms in total. The van der Waals surface area contributed by atoms with Crippen molar-refractivity contribution in [1.82, 2.24) is 9.99 Å². The summed E-state index contributed by atoms with van der Waals surface area (Å²) in [5, 5.41) is 10.4. The predicted octanol–water partition coefficient (Wildman–Crippen LogP) is 5.54. The van der Waals surface area contributed by atoms with E-state index in [-0.39, 0.29) is 12.3 Å². The lowest BCUT2D eigenvalue weighted by Gasteiger charge is -2.38. The minimum atomic E-state index is -0.248. The molecule has 2 aromatic heterocycles. The van der Waals surface area contributed by atoms with Crippen LogP contribution in [0, 0.1) is 0 Å². The van der Waals surface area contributed by atoms with Gasteiger partial charge in [0.15, 0.2) is 0 Å². The highest BCUT2D eigenvalue weighted by Gasteiger charge is 2.41. The number of hydrogen-bond acceptors (Lipinski definition) is 5. The summed E-state index contributed by atoms with van der Waals surface area (Å²) >= 11 is 1.74. The number of para-hydroxylation sites is 1. The number of fused-ring (bicyclic) bond motifs is 4. The van der Waals surface area contributed by atoms with Crippen molar-refractivity contribution in [3.05, 3.63) is 94.3 Å². The summed E-state index contributed by atoms with van der Waals surface area (Å²) in [4.78, 5) is 5.67. The van der Waals surface area contributed by atoms with Gasteiger partial charge in [-0.25, -0.2) is 5.01 Å². The van der Waals surface area contributed by atoms with Crippen molar-refractivity contribution in [3.63, 3.8) is 0 Å². The van der Waals surface area contributed by atoms with E-state index in [0.717, 1.165) is 34.3 Å². The van der Waals surface area contributed by atoms with Crippen molar-refractivity contribution in [2.45, 2.75) is 18.7 Å². The Kier molecular flexibility index (Phi) is 3.49. The number of thiophene rings is 1. The van der Waals surface area contributed by atoms with E-state index in [1.54, 1.807) is 11.3 Å². The summed E-state index contributed by atoms with van der Waals surface area (Å²) in [6.45, 7) is 0. The standard InChI is InChI=1S/C23H17N3OS/c1-2-7-21-17(6-1)20-14-19(22-8-4-12-28-22)25-26(20)23(27-21)16-9-10-18-15(13-16)5-3-11-24-18/h1-13,20,23H,14H2/t20-,23-/m0/s1. The summed E-state index contributed by atoms with van der Waals surface area (Å²) in [6, 6.07) is 23.1. The smallest absolute Gasteiger partial charge is 0.213 e. The quantitative estimate of drug-likeness (QED) is 0.456. The molecule has 5 heteroatoms. The van der Waals surface area contributed by atoms with Crippen LogP contribution in [-0.4, -0.2) is 15.7 Å². The van der Waals surface area contributed by atoms with E-state index in [4.69, 9.17) is 9.84 Å². The number of hydrogen-bond donors (Lipinski definition) is 0. The van der Waals surface area contributed by atoms with E-state index in [0.29, 0.717) is 0 Å². The summed E-state index contributed by atoms with van der Waals surface area (Å²) in [5.74, 6) is 0.947. The highest BCUT2D eigenvalue weighted by molar-refractivity contribution is 7.12. The van der Waals surface area contributed by atoms with Crippen LogP contribution in [0.4, 0.5) is 0 Å². The van der Waals surface area contributed by atoms with Gasteiger partial charge in [0.25, 0.3) is 0 Å². The van der Waals surface area contributed by atoms with Crippen LogP contribution < -0.4 is 4.74 Å². The molecule has 0 spiro atoms. The van der Waals surface area contributed by atoms with Gasteiger partial charge < -0.3 is 4.74 Å². The van der Waals surface area contributed by atoms with Crippen LogP contribution in [0.2, 0.25) is 0 Å². The van der Waals surface area contributed by atoms with Crippen LogP contribution in [0.3, 0.4) is 0 Å². The fourth-order valence-electron chi connectivity index (χ4n) is 4.09. The minimum absolute atomic E-state index is 0.191. The van der Waals surface area contributed by atoms with Crippen LogP contribution in [-0.2, 0) is 0 Å². The fourth-order valence-corrected chi connectivity index (χ4v) is 4.81. The largest absolute Gasteiger partial charge is 0.464 e. The average Bonchev–Trinajstić information content (AvgIpc) is 3.43. The molecule has 0 aliphatic carbocycles. The van der Waals surface area contributed by atoms with Crippen molar-refractivity contribution in [2.24, 2.45) is 5.10 Å². The number of benzene rings is 2. The van der Waals surface area contributed by atoms with Gasteiger partial charge in [-0.2, -0.15) is 5.10 Å².